The lowest BCUT2D eigenvalue weighted by Gasteiger charge is -2.44. The molecule has 1 aromatic carbocycles. The van der Waals surface area contributed by atoms with Crippen molar-refractivity contribution in [3.8, 4) is 11.5 Å². The molecule has 0 bridgehead atoms. The Bertz CT molecular complexity index is 1730. The zero-order valence-corrected chi connectivity index (χ0v) is 21.2. The number of hydrogen-bond donors (Lipinski definition) is 1. The molecule has 0 spiro atoms. The lowest BCUT2D eigenvalue weighted by Crippen LogP contribution is -2.59. The van der Waals surface area contributed by atoms with E-state index in [-0.39, 0.29) is 17.6 Å². The minimum Gasteiger partial charge on any atom is -0.457 e. The molecule has 1 saturated heterocycles. The number of likely N-dealkylation sites (N-methyl/N-ethyl adjacent to an activating group) is 1. The second-order valence-electron chi connectivity index (χ2n) is 9.17. The van der Waals surface area contributed by atoms with Gasteiger partial charge in [0.05, 0.1) is 17.2 Å². The summed E-state index contributed by atoms with van der Waals surface area (Å²) in [6.45, 7) is 6.48. The van der Waals surface area contributed by atoms with Crippen LogP contribution in [0.2, 0.25) is 0 Å². The number of nitrogens with one attached hydrogen (secondary N) is 1. The van der Waals surface area contributed by atoms with Crippen LogP contribution in [0.3, 0.4) is 0 Å². The number of ether oxygens (including phenoxy) is 1. The molecule has 0 atom stereocenters. The highest BCUT2D eigenvalue weighted by Gasteiger charge is 2.32. The number of rotatable bonds is 7. The number of nitrogens with zero attached hydrogens (tertiary/aromatic N) is 8. The van der Waals surface area contributed by atoms with E-state index in [1.54, 1.807) is 53.8 Å². The van der Waals surface area contributed by atoms with Gasteiger partial charge in [-0.25, -0.2) is 28.8 Å². The van der Waals surface area contributed by atoms with Crippen LogP contribution in [0.4, 0.5) is 21.7 Å². The molecule has 0 saturated carbocycles. The Balaban J connectivity index is 1.23. The molecule has 1 amide bonds. The van der Waals surface area contributed by atoms with Crippen molar-refractivity contribution in [3.05, 3.63) is 79.3 Å². The Kier molecular flexibility index (Phi) is 5.98. The molecule has 0 radical (unpaired) electrons. The summed E-state index contributed by atoms with van der Waals surface area (Å²) in [6, 6.07) is 10.5. The van der Waals surface area contributed by atoms with E-state index in [1.807, 2.05) is 12.1 Å². The number of anilines is 3. The third-order valence-electron chi connectivity index (χ3n) is 6.79. The topological polar surface area (TPSA) is 114 Å². The maximum absolute atomic E-state index is 15.5. The first-order valence-electron chi connectivity index (χ1n) is 12.2. The minimum absolute atomic E-state index is 0.0775. The van der Waals surface area contributed by atoms with Gasteiger partial charge in [0, 0.05) is 38.0 Å². The van der Waals surface area contributed by atoms with Crippen LogP contribution in [-0.4, -0.2) is 66.5 Å². The van der Waals surface area contributed by atoms with Crippen molar-refractivity contribution in [2.75, 3.05) is 30.4 Å². The van der Waals surface area contributed by atoms with Crippen molar-refractivity contribution < 1.29 is 13.9 Å². The largest absolute Gasteiger partial charge is 0.457 e. The molecule has 0 unspecified atom stereocenters. The van der Waals surface area contributed by atoms with Crippen LogP contribution < -0.4 is 15.0 Å². The van der Waals surface area contributed by atoms with Gasteiger partial charge in [0.1, 0.15) is 35.5 Å². The van der Waals surface area contributed by atoms with Gasteiger partial charge in [0.25, 0.3) is 0 Å². The first-order chi connectivity index (χ1) is 18.9. The van der Waals surface area contributed by atoms with Crippen LogP contribution in [0, 0.1) is 12.7 Å². The van der Waals surface area contributed by atoms with Crippen LogP contribution in [0.25, 0.3) is 16.7 Å². The van der Waals surface area contributed by atoms with Gasteiger partial charge in [-0.1, -0.05) is 6.58 Å². The van der Waals surface area contributed by atoms with Gasteiger partial charge in [0.2, 0.25) is 5.91 Å². The summed E-state index contributed by atoms with van der Waals surface area (Å²) in [5, 5.41) is 7.13. The van der Waals surface area contributed by atoms with Gasteiger partial charge in [0.15, 0.2) is 17.3 Å². The predicted molar refractivity (Wildman–Crippen MR) is 144 cm³/mol. The highest BCUT2D eigenvalue weighted by atomic mass is 19.1. The molecule has 11 nitrogen and oxygen atoms in total. The second kappa shape index (κ2) is 9.63. The Morgan fingerprint density at radius 1 is 1.18 bits per heavy atom. The summed E-state index contributed by atoms with van der Waals surface area (Å²) in [6.07, 6.45) is 5.89. The summed E-state index contributed by atoms with van der Waals surface area (Å²) >= 11 is 0. The molecule has 39 heavy (non-hydrogen) atoms. The fraction of sp³-hybridized carbons (Fsp3) is 0.185. The first-order valence-corrected chi connectivity index (χ1v) is 12.2. The Labute approximate surface area is 222 Å². The fourth-order valence-corrected chi connectivity index (χ4v) is 4.40. The fourth-order valence-electron chi connectivity index (χ4n) is 4.40. The lowest BCUT2D eigenvalue weighted by atomic mass is 10.1. The Morgan fingerprint density at radius 2 is 2.03 bits per heavy atom. The molecule has 4 aromatic heterocycles. The van der Waals surface area contributed by atoms with Crippen LogP contribution >= 0.6 is 0 Å². The van der Waals surface area contributed by atoms with Gasteiger partial charge in [-0.3, -0.25) is 4.79 Å². The molecule has 1 fully saturated rings. The SMILES string of the molecule is C=CC(=O)N(C)C1CN(c2ccc3ncnc(Nc4ccc(Oc5ccn6ncnc6c5)c(C)c4F)c3n2)C1. The van der Waals surface area contributed by atoms with Crippen molar-refractivity contribution in [2.24, 2.45) is 0 Å². The number of pyridine rings is 2. The third-order valence-corrected chi connectivity index (χ3v) is 6.79. The standard InChI is InChI=1S/C27H24FN9O2/c1-4-24(38)35(3)17-12-36(13-17)22-8-6-20-26(34-22)27(31-14-29-20)33-19-5-7-21(16(2)25(19)28)39-18-9-10-37-23(11-18)30-15-32-37/h4-11,14-15,17H,1,12-13H2,2-3H3,(H,29,31,33). The van der Waals surface area contributed by atoms with E-state index in [0.717, 1.165) is 5.82 Å². The molecule has 5 aromatic rings. The van der Waals surface area contributed by atoms with E-state index < -0.39 is 5.82 Å². The number of fused-ring (bicyclic) bond motifs is 2. The van der Waals surface area contributed by atoms with Gasteiger partial charge in [-0.2, -0.15) is 5.10 Å². The molecule has 196 valence electrons. The van der Waals surface area contributed by atoms with Crippen molar-refractivity contribution >= 4 is 39.9 Å². The van der Waals surface area contributed by atoms with Crippen LogP contribution in [0.15, 0.2) is 67.9 Å². The average molecular weight is 526 g/mol. The van der Waals surface area contributed by atoms with Crippen LogP contribution in [0.1, 0.15) is 5.56 Å². The van der Waals surface area contributed by atoms with Crippen LogP contribution in [0.5, 0.6) is 11.5 Å². The third kappa shape index (κ3) is 4.45. The molecule has 12 heteroatoms. The van der Waals surface area contributed by atoms with E-state index in [2.05, 4.69) is 36.8 Å². The molecule has 1 aliphatic heterocycles. The zero-order chi connectivity index (χ0) is 27.1. The predicted octanol–water partition coefficient (Wildman–Crippen LogP) is 3.88. The molecule has 1 N–H and O–H groups in total. The minimum atomic E-state index is -0.473. The molecular weight excluding hydrogens is 501 g/mol. The molecule has 5 heterocycles. The number of benzene rings is 1. The quantitative estimate of drug-likeness (QED) is 0.316. The van der Waals surface area contributed by atoms with Crippen molar-refractivity contribution in [3.63, 3.8) is 0 Å². The van der Waals surface area contributed by atoms with E-state index in [4.69, 9.17) is 9.72 Å². The number of carbonyl (C=O) groups is 1. The summed E-state index contributed by atoms with van der Waals surface area (Å²) in [5.41, 5.74) is 2.31. The number of amides is 1. The average Bonchev–Trinajstić information content (AvgIpc) is 3.39. The van der Waals surface area contributed by atoms with Crippen molar-refractivity contribution in [2.45, 2.75) is 13.0 Å². The highest BCUT2D eigenvalue weighted by molar-refractivity contribution is 5.89. The summed E-state index contributed by atoms with van der Waals surface area (Å²) in [4.78, 5) is 33.1. The molecule has 0 aliphatic carbocycles. The van der Waals surface area contributed by atoms with Gasteiger partial charge < -0.3 is 19.9 Å². The number of carbonyl (C=O) groups excluding carboxylic acids is 1. The van der Waals surface area contributed by atoms with E-state index >= 15 is 4.39 Å². The first kappa shape index (κ1) is 24.2. The molecular formula is C27H24FN9O2. The number of halogens is 1. The maximum Gasteiger partial charge on any atom is 0.246 e. The van der Waals surface area contributed by atoms with Gasteiger partial charge in [-0.05, 0) is 43.3 Å². The van der Waals surface area contributed by atoms with Crippen molar-refractivity contribution in [1.82, 2.24) is 34.4 Å². The van der Waals surface area contributed by atoms with Crippen molar-refractivity contribution in [1.29, 1.82) is 0 Å². The monoisotopic (exact) mass is 525 g/mol. The van der Waals surface area contributed by atoms with E-state index in [9.17, 15) is 4.79 Å². The normalized spacial score (nSPS) is 13.4. The Hall–Kier alpha value is -5.13. The van der Waals surface area contributed by atoms with Crippen LogP contribution in [-0.2, 0) is 4.79 Å². The second-order valence-corrected chi connectivity index (χ2v) is 9.17. The molecule has 6 rings (SSSR count). The zero-order valence-electron chi connectivity index (χ0n) is 21.2. The van der Waals surface area contributed by atoms with E-state index in [0.29, 0.717) is 52.7 Å². The summed E-state index contributed by atoms with van der Waals surface area (Å²) < 4.78 is 23.0. The van der Waals surface area contributed by atoms with Gasteiger partial charge in [-0.15, -0.1) is 0 Å². The summed E-state index contributed by atoms with van der Waals surface area (Å²) in [7, 11) is 1.76. The van der Waals surface area contributed by atoms with Gasteiger partial charge >= 0.3 is 0 Å². The Morgan fingerprint density at radius 3 is 2.85 bits per heavy atom. The number of hydrogen-bond acceptors (Lipinski definition) is 9. The molecule has 1 aliphatic rings. The smallest absolute Gasteiger partial charge is 0.246 e. The van der Waals surface area contributed by atoms with E-state index in [1.165, 1.54) is 18.7 Å². The number of aromatic nitrogens is 6. The highest BCUT2D eigenvalue weighted by Crippen LogP contribution is 2.33. The maximum atomic E-state index is 15.5. The lowest BCUT2D eigenvalue weighted by molar-refractivity contribution is -0.127. The summed E-state index contributed by atoms with van der Waals surface area (Å²) in [5.74, 6) is 1.41.